The number of fused-ring (bicyclic) bond motifs is 1. The minimum atomic E-state index is -5.08. The number of ether oxygens (including phenoxy) is 1. The fourth-order valence-corrected chi connectivity index (χ4v) is 3.28. The number of aliphatic carboxylic acids is 1. The molecule has 6 nitrogen and oxygen atoms in total. The van der Waals surface area contributed by atoms with Gasteiger partial charge in [0.15, 0.2) is 0 Å². The van der Waals surface area contributed by atoms with Crippen LogP contribution in [0.5, 0.6) is 0 Å². The van der Waals surface area contributed by atoms with Crippen molar-refractivity contribution in [1.82, 2.24) is 9.80 Å². The third-order valence-corrected chi connectivity index (χ3v) is 4.65. The monoisotopic (exact) mass is 418 g/mol. The van der Waals surface area contributed by atoms with Crippen LogP contribution in [-0.4, -0.2) is 77.9 Å². The number of alkyl halides is 3. The second kappa shape index (κ2) is 9.84. The van der Waals surface area contributed by atoms with Crippen LogP contribution in [0.2, 0.25) is 0 Å². The Balaban J connectivity index is 0.000000370. The van der Waals surface area contributed by atoms with E-state index in [-0.39, 0.29) is 17.8 Å². The highest BCUT2D eigenvalue weighted by Crippen LogP contribution is 2.25. The second-order valence-electron chi connectivity index (χ2n) is 6.69. The standard InChI is InChI=1S/C17H21FN2O2.C2HF3O2/c1-2-9-22-16-10-15-11-20(8-7-19(15)12-16)17(21)13-3-5-14(18)6-4-13;3-2(4,5)1(6)7/h2-6,15-16H,1,7-12H2;(H,6,7)/t15-,16+;/m0./s1. The highest BCUT2D eigenvalue weighted by atomic mass is 19.4. The molecule has 160 valence electrons. The van der Waals surface area contributed by atoms with E-state index in [2.05, 4.69) is 11.5 Å². The van der Waals surface area contributed by atoms with E-state index in [4.69, 9.17) is 14.6 Å². The van der Waals surface area contributed by atoms with Crippen LogP contribution in [-0.2, 0) is 9.53 Å². The van der Waals surface area contributed by atoms with Gasteiger partial charge in [-0.25, -0.2) is 9.18 Å². The molecule has 2 heterocycles. The topological polar surface area (TPSA) is 70.1 Å². The predicted molar refractivity (Wildman–Crippen MR) is 95.9 cm³/mol. The summed E-state index contributed by atoms with van der Waals surface area (Å²) in [4.78, 5) is 25.6. The molecule has 3 rings (SSSR count). The van der Waals surface area contributed by atoms with Gasteiger partial charge in [-0.2, -0.15) is 13.2 Å². The molecule has 2 aliphatic heterocycles. The maximum absolute atomic E-state index is 13.0. The van der Waals surface area contributed by atoms with E-state index in [1.807, 2.05) is 4.90 Å². The molecule has 1 amide bonds. The molecular formula is C19H22F4N2O4. The Morgan fingerprint density at radius 1 is 1.21 bits per heavy atom. The number of rotatable bonds is 4. The van der Waals surface area contributed by atoms with E-state index >= 15 is 0 Å². The number of halogens is 4. The van der Waals surface area contributed by atoms with Crippen LogP contribution in [0.4, 0.5) is 17.6 Å². The van der Waals surface area contributed by atoms with E-state index < -0.39 is 12.1 Å². The number of piperazine rings is 1. The summed E-state index contributed by atoms with van der Waals surface area (Å²) >= 11 is 0. The third kappa shape index (κ3) is 6.53. The highest BCUT2D eigenvalue weighted by molar-refractivity contribution is 5.94. The van der Waals surface area contributed by atoms with Gasteiger partial charge in [0.2, 0.25) is 0 Å². The zero-order valence-electron chi connectivity index (χ0n) is 15.6. The molecule has 2 fully saturated rings. The largest absolute Gasteiger partial charge is 0.490 e. The number of carboxylic acids is 1. The molecule has 0 bridgehead atoms. The van der Waals surface area contributed by atoms with Crippen LogP contribution in [0.1, 0.15) is 16.8 Å². The highest BCUT2D eigenvalue weighted by Gasteiger charge is 2.38. The Morgan fingerprint density at radius 3 is 2.38 bits per heavy atom. The third-order valence-electron chi connectivity index (χ3n) is 4.65. The van der Waals surface area contributed by atoms with Crippen molar-refractivity contribution >= 4 is 11.9 Å². The second-order valence-corrected chi connectivity index (χ2v) is 6.69. The van der Waals surface area contributed by atoms with Crippen LogP contribution in [0.3, 0.4) is 0 Å². The summed E-state index contributed by atoms with van der Waals surface area (Å²) in [7, 11) is 0. The summed E-state index contributed by atoms with van der Waals surface area (Å²) in [6.45, 7) is 7.46. The van der Waals surface area contributed by atoms with Gasteiger partial charge in [-0.15, -0.1) is 6.58 Å². The zero-order valence-corrected chi connectivity index (χ0v) is 15.6. The van der Waals surface area contributed by atoms with Gasteiger partial charge in [-0.05, 0) is 30.7 Å². The molecule has 0 radical (unpaired) electrons. The molecule has 0 saturated carbocycles. The van der Waals surface area contributed by atoms with Crippen molar-refractivity contribution in [3.05, 3.63) is 48.3 Å². The van der Waals surface area contributed by atoms with E-state index in [9.17, 15) is 22.4 Å². The lowest BCUT2D eigenvalue weighted by Gasteiger charge is -2.37. The Hall–Kier alpha value is -2.46. The molecule has 1 aromatic rings. The molecule has 10 heteroatoms. The first-order valence-electron chi connectivity index (χ1n) is 8.93. The molecule has 29 heavy (non-hydrogen) atoms. The lowest BCUT2D eigenvalue weighted by Crippen LogP contribution is -2.52. The predicted octanol–water partition coefficient (Wildman–Crippen LogP) is 2.56. The number of carbonyl (C=O) groups is 2. The number of carboxylic acid groups (broad SMARTS) is 1. The fourth-order valence-electron chi connectivity index (χ4n) is 3.28. The van der Waals surface area contributed by atoms with E-state index in [0.717, 1.165) is 19.5 Å². The van der Waals surface area contributed by atoms with Crippen molar-refractivity contribution in [2.45, 2.75) is 24.7 Å². The molecular weight excluding hydrogens is 396 g/mol. The van der Waals surface area contributed by atoms with Gasteiger partial charge in [-0.3, -0.25) is 9.69 Å². The average Bonchev–Trinajstić information content (AvgIpc) is 3.08. The molecule has 0 aliphatic carbocycles. The van der Waals surface area contributed by atoms with Gasteiger partial charge in [0.1, 0.15) is 5.82 Å². The Morgan fingerprint density at radius 2 is 1.83 bits per heavy atom. The number of nitrogens with zero attached hydrogens (tertiary/aromatic N) is 2. The Kier molecular flexibility index (Phi) is 7.74. The average molecular weight is 418 g/mol. The fraction of sp³-hybridized carbons (Fsp3) is 0.474. The summed E-state index contributed by atoms with van der Waals surface area (Å²) in [6, 6.07) is 6.12. The first-order chi connectivity index (χ1) is 13.6. The van der Waals surface area contributed by atoms with Crippen LogP contribution in [0.15, 0.2) is 36.9 Å². The van der Waals surface area contributed by atoms with Crippen molar-refractivity contribution < 1.29 is 37.0 Å². The molecule has 0 spiro atoms. The maximum Gasteiger partial charge on any atom is 0.490 e. The van der Waals surface area contributed by atoms with Gasteiger partial charge in [0, 0.05) is 37.8 Å². The quantitative estimate of drug-likeness (QED) is 0.601. The zero-order chi connectivity index (χ0) is 21.6. The Labute approximate surface area is 165 Å². The number of hydrogen-bond acceptors (Lipinski definition) is 4. The first kappa shape index (κ1) is 22.8. The summed E-state index contributed by atoms with van der Waals surface area (Å²) in [5, 5.41) is 7.12. The summed E-state index contributed by atoms with van der Waals surface area (Å²) in [5.41, 5.74) is 0.548. The van der Waals surface area contributed by atoms with Crippen molar-refractivity contribution in [3.63, 3.8) is 0 Å². The van der Waals surface area contributed by atoms with Crippen molar-refractivity contribution in [3.8, 4) is 0 Å². The summed E-state index contributed by atoms with van der Waals surface area (Å²) in [5.74, 6) is -3.10. The number of amides is 1. The van der Waals surface area contributed by atoms with Crippen LogP contribution < -0.4 is 0 Å². The number of benzene rings is 1. The summed E-state index contributed by atoms with van der Waals surface area (Å²) in [6.07, 6.45) is -2.15. The number of carbonyl (C=O) groups excluding carboxylic acids is 1. The number of hydrogen-bond donors (Lipinski definition) is 1. The van der Waals surface area contributed by atoms with Crippen molar-refractivity contribution in [2.75, 3.05) is 32.8 Å². The smallest absolute Gasteiger partial charge is 0.475 e. The molecule has 2 saturated heterocycles. The Bertz CT molecular complexity index is 724. The van der Waals surface area contributed by atoms with Gasteiger partial charge >= 0.3 is 12.1 Å². The van der Waals surface area contributed by atoms with Crippen molar-refractivity contribution in [2.24, 2.45) is 0 Å². The molecule has 2 atom stereocenters. The van der Waals surface area contributed by atoms with E-state index in [1.54, 1.807) is 18.2 Å². The lowest BCUT2D eigenvalue weighted by molar-refractivity contribution is -0.192. The van der Waals surface area contributed by atoms with Crippen LogP contribution >= 0.6 is 0 Å². The van der Waals surface area contributed by atoms with Crippen LogP contribution in [0.25, 0.3) is 0 Å². The molecule has 2 aliphatic rings. The normalized spacial score (nSPS) is 21.7. The SMILES string of the molecule is C=CCO[C@@H]1C[C@H]2CN(C(=O)c3ccc(F)cc3)CCN2C1.O=C(O)C(F)(F)F. The molecule has 1 N–H and O–H groups in total. The van der Waals surface area contributed by atoms with Gasteiger partial charge in [-0.1, -0.05) is 6.08 Å². The van der Waals surface area contributed by atoms with Gasteiger partial charge in [0.05, 0.1) is 12.7 Å². The van der Waals surface area contributed by atoms with Gasteiger partial charge < -0.3 is 14.7 Å². The molecule has 1 aromatic carbocycles. The minimum absolute atomic E-state index is 0.0184. The molecule has 0 unspecified atom stereocenters. The maximum atomic E-state index is 13.0. The summed E-state index contributed by atoms with van der Waals surface area (Å²) < 4.78 is 50.4. The van der Waals surface area contributed by atoms with E-state index in [0.29, 0.717) is 31.3 Å². The molecule has 0 aromatic heterocycles. The first-order valence-corrected chi connectivity index (χ1v) is 8.93. The van der Waals surface area contributed by atoms with E-state index in [1.165, 1.54) is 12.1 Å². The minimum Gasteiger partial charge on any atom is -0.475 e. The van der Waals surface area contributed by atoms with Gasteiger partial charge in [0.25, 0.3) is 5.91 Å². The lowest BCUT2D eigenvalue weighted by atomic mass is 10.1. The van der Waals surface area contributed by atoms with Crippen molar-refractivity contribution in [1.29, 1.82) is 0 Å². The van der Waals surface area contributed by atoms with Crippen LogP contribution in [0, 0.1) is 5.82 Å².